The number of furan rings is 3. The fourth-order valence-corrected chi connectivity index (χ4v) is 13.0. The van der Waals surface area contributed by atoms with E-state index in [4.69, 9.17) is 39.2 Å². The van der Waals surface area contributed by atoms with E-state index in [9.17, 15) is 31.2 Å². The number of halogens is 3. The second-order valence-corrected chi connectivity index (χ2v) is 28.0. The highest BCUT2D eigenvalue weighted by Crippen LogP contribution is 2.39. The summed E-state index contributed by atoms with van der Waals surface area (Å²) >= 11 is 12.6. The van der Waals surface area contributed by atoms with E-state index in [1.165, 1.54) is 5.56 Å². The first-order valence-corrected chi connectivity index (χ1v) is 35.3. The van der Waals surface area contributed by atoms with Crippen molar-refractivity contribution in [2.45, 2.75) is 26.2 Å². The molecule has 0 saturated heterocycles. The Balaban J connectivity index is 0.000000149. The fourth-order valence-electron chi connectivity index (χ4n) is 11.0. The zero-order chi connectivity index (χ0) is 68.2. The van der Waals surface area contributed by atoms with Crippen LogP contribution in [-0.4, -0.2) is 118 Å². The number of ether oxygens (including phenoxy) is 3. The maximum absolute atomic E-state index is 13.3. The van der Waals surface area contributed by atoms with Crippen LogP contribution in [0.4, 0.5) is 17.1 Å². The third kappa shape index (κ3) is 15.3. The van der Waals surface area contributed by atoms with Gasteiger partial charge in [0.15, 0.2) is 16.7 Å². The van der Waals surface area contributed by atoms with Gasteiger partial charge in [0.2, 0.25) is 20.0 Å². The Morgan fingerprint density at radius 1 is 0.458 bits per heavy atom. The van der Waals surface area contributed by atoms with Crippen molar-refractivity contribution in [1.29, 1.82) is 0 Å². The third-order valence-electron chi connectivity index (χ3n) is 15.2. The molecule has 0 spiro atoms. The normalized spacial score (nSPS) is 11.8. The fraction of sp³-hybridized carbons (Fsp3) is 0.206. The largest absolute Gasteiger partial charge is 0.452 e. The Morgan fingerprint density at radius 2 is 0.781 bits per heavy atom. The summed E-state index contributed by atoms with van der Waals surface area (Å²) in [6, 6.07) is 46.2. The monoisotopic (exact) mass is 1480 g/mol. The number of fused-ring (bicyclic) bond motifs is 9. The molecule has 0 atom stereocenters. The van der Waals surface area contributed by atoms with Crippen molar-refractivity contribution in [1.82, 2.24) is 33.6 Å². The quantitative estimate of drug-likeness (QED) is 0.0598. The van der Waals surface area contributed by atoms with E-state index in [1.807, 2.05) is 93.0 Å². The number of nitrogens with zero attached hydrogens (tertiary/aromatic N) is 7. The van der Waals surface area contributed by atoms with E-state index in [1.54, 1.807) is 83.6 Å². The number of nitrogens with one attached hydrogen (secondary N) is 3. The Bertz CT molecular complexity index is 5470. The average Bonchev–Trinajstić information content (AvgIpc) is 1.59. The maximum atomic E-state index is 13.3. The summed E-state index contributed by atoms with van der Waals surface area (Å²) in [5, 5.41) is 2.42. The molecule has 0 aliphatic rings. The molecule has 13 rings (SSSR count). The van der Waals surface area contributed by atoms with Gasteiger partial charge >= 0.3 is 17.1 Å². The van der Waals surface area contributed by atoms with Gasteiger partial charge in [-0.2, -0.15) is 15.0 Å². The van der Waals surface area contributed by atoms with Crippen molar-refractivity contribution in [3.05, 3.63) is 198 Å². The molecule has 6 heterocycles. The summed E-state index contributed by atoms with van der Waals surface area (Å²) in [7, 11) is 2.03. The third-order valence-corrected chi connectivity index (χ3v) is 17.6. The standard InChI is InChI=1S/C29H30N4O5S.C20H18BrN3O5S.C19H15BrClN3O3/c1-32(2)18-19-5-7-20(8-6-19)22-11-14-25-24(17-22)27-28(38-25)26(30-29(34)33(27)15-16-37-3)21-9-12-23(13-10-21)31-39(4,35)36;1-28-10-9-24-18-15-11-13(21)5-8-16(15)29-19(18)17(22-20(24)25)12-3-6-14(7-4-12)23-30(2,26)27;1-26-9-8-24-17-14-10-12(20)4-7-15(14)27-18(17)16(22-19(24)25)11-2-5-13(23-21)6-3-11/h5-14,17,31H,15-16,18H2,1-4H3;3-8,11,23H,9-10H2,1-2H3;2-7,10,23H,8-9H2,1H3. The Hall–Kier alpha value is -9.03. The molecule has 13 aromatic rings. The van der Waals surface area contributed by atoms with Crippen LogP contribution in [0.2, 0.25) is 0 Å². The van der Waals surface area contributed by atoms with E-state index >= 15 is 0 Å². The summed E-state index contributed by atoms with van der Waals surface area (Å²) in [6.07, 6.45) is 2.17. The number of aromatic nitrogens is 6. The first-order valence-electron chi connectivity index (χ1n) is 29.6. The van der Waals surface area contributed by atoms with Crippen LogP contribution in [0.25, 0.3) is 111 Å². The van der Waals surface area contributed by atoms with E-state index in [0.717, 1.165) is 66.5 Å². The molecule has 0 aliphatic heterocycles. The number of sulfonamides is 2. The smallest absolute Gasteiger partial charge is 0.348 e. The van der Waals surface area contributed by atoms with Crippen LogP contribution in [0.5, 0.6) is 0 Å². The molecular formula is C68H63Br2ClN10O13S2. The lowest BCUT2D eigenvalue weighted by atomic mass is 10.0. The van der Waals surface area contributed by atoms with Crippen LogP contribution in [0, 0.1) is 0 Å². The lowest BCUT2D eigenvalue weighted by molar-refractivity contribution is 0.187. The number of rotatable bonds is 20. The van der Waals surface area contributed by atoms with Crippen molar-refractivity contribution in [3.8, 4) is 44.9 Å². The lowest BCUT2D eigenvalue weighted by Gasteiger charge is -2.11. The van der Waals surface area contributed by atoms with Crippen LogP contribution in [-0.2, 0) is 60.4 Å². The molecule has 6 aromatic heterocycles. The van der Waals surface area contributed by atoms with Crippen LogP contribution in [0.15, 0.2) is 188 Å². The zero-order valence-electron chi connectivity index (χ0n) is 52.8. The van der Waals surface area contributed by atoms with Gasteiger partial charge in [-0.3, -0.25) is 28.0 Å². The Labute approximate surface area is 571 Å². The Morgan fingerprint density at radius 3 is 1.11 bits per heavy atom. The Kier molecular flexibility index (Phi) is 20.7. The van der Waals surface area contributed by atoms with Gasteiger partial charge in [-0.25, -0.2) is 31.2 Å². The second kappa shape index (κ2) is 29.1. The van der Waals surface area contributed by atoms with Gasteiger partial charge in [-0.1, -0.05) is 98.6 Å². The van der Waals surface area contributed by atoms with Crippen molar-refractivity contribution >= 4 is 147 Å². The van der Waals surface area contributed by atoms with E-state index in [-0.39, 0.29) is 5.69 Å². The summed E-state index contributed by atoms with van der Waals surface area (Å²) < 4.78 is 91.4. The summed E-state index contributed by atoms with van der Waals surface area (Å²) in [6.45, 7) is 2.97. The molecule has 0 bridgehead atoms. The van der Waals surface area contributed by atoms with Crippen molar-refractivity contribution in [3.63, 3.8) is 0 Å². The van der Waals surface area contributed by atoms with Gasteiger partial charge in [0.05, 0.1) is 52.0 Å². The van der Waals surface area contributed by atoms with Crippen molar-refractivity contribution in [2.24, 2.45) is 0 Å². The van der Waals surface area contributed by atoms with Gasteiger partial charge in [0.1, 0.15) is 50.4 Å². The van der Waals surface area contributed by atoms with Gasteiger partial charge in [0, 0.05) is 98.5 Å². The minimum atomic E-state index is -3.41. The number of anilines is 3. The van der Waals surface area contributed by atoms with E-state index in [2.05, 4.69) is 90.3 Å². The minimum absolute atomic E-state index is 0.314. The van der Waals surface area contributed by atoms with Crippen LogP contribution in [0.3, 0.4) is 0 Å². The molecule has 28 heteroatoms. The van der Waals surface area contributed by atoms with Crippen LogP contribution < -0.4 is 31.3 Å². The molecule has 0 fully saturated rings. The highest BCUT2D eigenvalue weighted by Gasteiger charge is 2.24. The van der Waals surface area contributed by atoms with Gasteiger partial charge in [-0.05, 0) is 116 Å². The number of methoxy groups -OCH3 is 3. The first-order chi connectivity index (χ1) is 46.0. The molecular weight excluding hydrogens is 1420 g/mol. The summed E-state index contributed by atoms with van der Waals surface area (Å²) in [4.78, 5) is 56.5. The van der Waals surface area contributed by atoms with Crippen molar-refractivity contribution in [2.75, 3.05) is 82.0 Å². The average molecular weight is 1490 g/mol. The molecule has 7 aromatic carbocycles. The van der Waals surface area contributed by atoms with Gasteiger partial charge in [0.25, 0.3) is 0 Å². The molecule has 0 radical (unpaired) electrons. The highest BCUT2D eigenvalue weighted by atomic mass is 79.9. The number of benzene rings is 7. The zero-order valence-corrected chi connectivity index (χ0v) is 58.3. The van der Waals surface area contributed by atoms with Crippen LogP contribution >= 0.6 is 43.6 Å². The lowest BCUT2D eigenvalue weighted by Crippen LogP contribution is -2.25. The molecule has 0 unspecified atom stereocenters. The molecule has 96 heavy (non-hydrogen) atoms. The highest BCUT2D eigenvalue weighted by molar-refractivity contribution is 9.10. The topological polar surface area (TPSA) is 279 Å². The van der Waals surface area contributed by atoms with Crippen molar-refractivity contribution < 1.29 is 44.3 Å². The number of hydrogen-bond donors (Lipinski definition) is 3. The maximum Gasteiger partial charge on any atom is 0.348 e. The summed E-state index contributed by atoms with van der Waals surface area (Å²) in [5.74, 6) is 0. The van der Waals surface area contributed by atoms with Gasteiger partial charge < -0.3 is 32.4 Å². The predicted molar refractivity (Wildman–Crippen MR) is 384 cm³/mol. The minimum Gasteiger partial charge on any atom is -0.452 e. The van der Waals surface area contributed by atoms with E-state index in [0.29, 0.717) is 129 Å². The van der Waals surface area contributed by atoms with Crippen LogP contribution in [0.1, 0.15) is 5.56 Å². The molecule has 0 amide bonds. The second-order valence-electron chi connectivity index (χ2n) is 22.5. The number of hydrogen-bond acceptors (Lipinski definition) is 18. The SMILES string of the molecule is COCCn1c(=O)nc(-c2ccc(NCl)cc2)c2oc3ccc(Br)cc3c21.COCCn1c(=O)nc(-c2ccc(NS(C)(=O)=O)cc2)c2oc3ccc(-c4ccc(CN(C)C)cc4)cc3c21.COCCn1c(=O)nc(-c2ccc(NS(C)(=O)=O)cc2)c2oc3ccc(Br)cc3c21. The van der Waals surface area contributed by atoms with E-state index < -0.39 is 31.4 Å². The predicted octanol–water partition coefficient (Wildman–Crippen LogP) is 12.9. The molecule has 3 N–H and O–H groups in total. The molecule has 496 valence electrons. The first kappa shape index (κ1) is 68.4. The molecule has 23 nitrogen and oxygen atoms in total. The summed E-state index contributed by atoms with van der Waals surface area (Å²) in [5.41, 5.74) is 12.4. The van der Waals surface area contributed by atoms with Gasteiger partial charge in [-0.15, -0.1) is 0 Å². The molecule has 0 saturated carbocycles. The molecule has 0 aliphatic carbocycles.